The van der Waals surface area contributed by atoms with Gasteiger partial charge in [-0.1, -0.05) is 12.1 Å². The molecule has 88 valence electrons. The van der Waals surface area contributed by atoms with Gasteiger partial charge in [0.05, 0.1) is 6.54 Å². The monoisotopic (exact) mass is 228 g/mol. The molecule has 3 rings (SSSR count). The molecule has 0 spiro atoms. The second-order valence-electron chi connectivity index (χ2n) is 4.53. The molecule has 0 saturated carbocycles. The maximum atomic E-state index is 4.13. The van der Waals surface area contributed by atoms with E-state index in [4.69, 9.17) is 0 Å². The first-order valence-corrected chi connectivity index (χ1v) is 6.00. The van der Waals surface area contributed by atoms with E-state index in [0.717, 1.165) is 26.1 Å². The third-order valence-corrected chi connectivity index (χ3v) is 3.30. The molecule has 2 heterocycles. The molecule has 1 aliphatic rings. The van der Waals surface area contributed by atoms with Crippen molar-refractivity contribution >= 4 is 5.69 Å². The van der Waals surface area contributed by atoms with Gasteiger partial charge in [-0.05, 0) is 30.5 Å². The van der Waals surface area contributed by atoms with Crippen LogP contribution in [0, 0.1) is 6.92 Å². The second-order valence-corrected chi connectivity index (χ2v) is 4.53. The zero-order chi connectivity index (χ0) is 11.7. The maximum absolute atomic E-state index is 4.13. The van der Waals surface area contributed by atoms with Gasteiger partial charge in [0.1, 0.15) is 12.7 Å². The van der Waals surface area contributed by atoms with E-state index in [1.807, 2.05) is 4.68 Å². The van der Waals surface area contributed by atoms with Gasteiger partial charge in [-0.15, -0.1) is 0 Å². The first-order chi connectivity index (χ1) is 8.33. The van der Waals surface area contributed by atoms with Crippen molar-refractivity contribution in [2.24, 2.45) is 0 Å². The van der Waals surface area contributed by atoms with Crippen molar-refractivity contribution in [1.82, 2.24) is 14.8 Å². The summed E-state index contributed by atoms with van der Waals surface area (Å²) in [5, 5.41) is 4.13. The zero-order valence-electron chi connectivity index (χ0n) is 10.0. The number of hydrogen-bond acceptors (Lipinski definition) is 3. The van der Waals surface area contributed by atoms with Gasteiger partial charge in [-0.3, -0.25) is 4.68 Å². The molecule has 2 aromatic rings. The summed E-state index contributed by atoms with van der Waals surface area (Å²) in [6.07, 6.45) is 4.52. The first kappa shape index (κ1) is 10.3. The molecular formula is C13H16N4. The molecule has 1 aliphatic heterocycles. The molecule has 1 aromatic carbocycles. The van der Waals surface area contributed by atoms with Crippen LogP contribution in [-0.2, 0) is 13.0 Å². The summed E-state index contributed by atoms with van der Waals surface area (Å²) >= 11 is 0. The van der Waals surface area contributed by atoms with Crippen LogP contribution >= 0.6 is 0 Å². The maximum Gasteiger partial charge on any atom is 0.137 e. The number of fused-ring (bicyclic) bond motifs is 1. The van der Waals surface area contributed by atoms with E-state index in [9.17, 15) is 0 Å². The summed E-state index contributed by atoms with van der Waals surface area (Å²) < 4.78 is 1.88. The highest BCUT2D eigenvalue weighted by Gasteiger charge is 2.18. The van der Waals surface area contributed by atoms with E-state index in [2.05, 4.69) is 40.1 Å². The fourth-order valence-electron chi connectivity index (χ4n) is 2.36. The van der Waals surface area contributed by atoms with Gasteiger partial charge in [0, 0.05) is 18.8 Å². The van der Waals surface area contributed by atoms with Crippen molar-refractivity contribution < 1.29 is 0 Å². The normalized spacial score (nSPS) is 14.1. The lowest BCUT2D eigenvalue weighted by atomic mass is 10.1. The minimum atomic E-state index is 0.896. The number of benzene rings is 1. The quantitative estimate of drug-likeness (QED) is 0.801. The molecule has 0 fully saturated rings. The minimum Gasteiger partial charge on any atom is -0.369 e. The van der Waals surface area contributed by atoms with Crippen molar-refractivity contribution in [2.75, 3.05) is 18.0 Å². The molecule has 4 heteroatoms. The predicted molar refractivity (Wildman–Crippen MR) is 67.1 cm³/mol. The summed E-state index contributed by atoms with van der Waals surface area (Å²) in [7, 11) is 0. The topological polar surface area (TPSA) is 34.0 Å². The number of nitrogens with zero attached hydrogens (tertiary/aromatic N) is 4. The summed E-state index contributed by atoms with van der Waals surface area (Å²) in [5.74, 6) is 0. The lowest BCUT2D eigenvalue weighted by molar-refractivity contribution is 0.601. The van der Waals surface area contributed by atoms with E-state index in [-0.39, 0.29) is 0 Å². The molecule has 0 bridgehead atoms. The Morgan fingerprint density at radius 3 is 3.06 bits per heavy atom. The van der Waals surface area contributed by atoms with Gasteiger partial charge in [-0.25, -0.2) is 4.98 Å². The molecule has 17 heavy (non-hydrogen) atoms. The highest BCUT2D eigenvalue weighted by molar-refractivity contribution is 5.59. The van der Waals surface area contributed by atoms with Crippen molar-refractivity contribution in [1.29, 1.82) is 0 Å². The van der Waals surface area contributed by atoms with Gasteiger partial charge < -0.3 is 4.90 Å². The smallest absolute Gasteiger partial charge is 0.137 e. The predicted octanol–water partition coefficient (Wildman–Crippen LogP) is 1.65. The molecule has 0 radical (unpaired) electrons. The summed E-state index contributed by atoms with van der Waals surface area (Å²) in [4.78, 5) is 6.39. The van der Waals surface area contributed by atoms with Crippen LogP contribution in [0.25, 0.3) is 0 Å². The third-order valence-electron chi connectivity index (χ3n) is 3.30. The van der Waals surface area contributed by atoms with Gasteiger partial charge >= 0.3 is 0 Å². The first-order valence-electron chi connectivity index (χ1n) is 6.00. The van der Waals surface area contributed by atoms with Crippen molar-refractivity contribution in [3.8, 4) is 0 Å². The lowest BCUT2D eigenvalue weighted by Crippen LogP contribution is -2.25. The summed E-state index contributed by atoms with van der Waals surface area (Å²) in [6.45, 7) is 5.16. The van der Waals surface area contributed by atoms with Crippen molar-refractivity contribution in [3.05, 3.63) is 42.0 Å². The molecule has 0 amide bonds. The molecule has 0 N–H and O–H groups in total. The van der Waals surface area contributed by atoms with Crippen molar-refractivity contribution in [2.45, 2.75) is 19.9 Å². The molecule has 1 aromatic heterocycles. The van der Waals surface area contributed by atoms with Gasteiger partial charge in [0.15, 0.2) is 0 Å². The molecule has 0 saturated heterocycles. The van der Waals surface area contributed by atoms with E-state index in [1.165, 1.54) is 16.8 Å². The van der Waals surface area contributed by atoms with E-state index in [0.29, 0.717) is 0 Å². The average molecular weight is 228 g/mol. The van der Waals surface area contributed by atoms with Crippen LogP contribution < -0.4 is 4.90 Å². The Kier molecular flexibility index (Phi) is 2.55. The molecule has 4 nitrogen and oxygen atoms in total. The SMILES string of the molecule is Cc1ccc2c(c1)N(CCn1cncn1)CC2. The Labute approximate surface area is 101 Å². The van der Waals surface area contributed by atoms with Crippen LogP contribution in [0.1, 0.15) is 11.1 Å². The van der Waals surface area contributed by atoms with Crippen molar-refractivity contribution in [3.63, 3.8) is 0 Å². The highest BCUT2D eigenvalue weighted by Crippen LogP contribution is 2.28. The molecule has 0 aliphatic carbocycles. The Balaban J connectivity index is 1.73. The highest BCUT2D eigenvalue weighted by atomic mass is 15.3. The Bertz CT molecular complexity index is 504. The van der Waals surface area contributed by atoms with E-state index >= 15 is 0 Å². The Hall–Kier alpha value is -1.84. The average Bonchev–Trinajstić information content (AvgIpc) is 2.94. The summed E-state index contributed by atoms with van der Waals surface area (Å²) in [6, 6.07) is 6.73. The fraction of sp³-hybridized carbons (Fsp3) is 0.385. The van der Waals surface area contributed by atoms with Crippen LogP contribution in [0.15, 0.2) is 30.9 Å². The Morgan fingerprint density at radius 1 is 1.29 bits per heavy atom. The van der Waals surface area contributed by atoms with Gasteiger partial charge in [-0.2, -0.15) is 5.10 Å². The molecule has 0 unspecified atom stereocenters. The molecule has 0 atom stereocenters. The van der Waals surface area contributed by atoms with Crippen LogP contribution in [0.5, 0.6) is 0 Å². The number of hydrogen-bond donors (Lipinski definition) is 0. The van der Waals surface area contributed by atoms with Crippen LogP contribution in [0.4, 0.5) is 5.69 Å². The Morgan fingerprint density at radius 2 is 2.24 bits per heavy atom. The second kappa shape index (κ2) is 4.20. The number of aromatic nitrogens is 3. The standard InChI is InChI=1S/C13H16N4/c1-11-2-3-12-4-5-16(13(12)8-11)6-7-17-10-14-9-15-17/h2-3,8-10H,4-7H2,1H3. The number of anilines is 1. The fourth-order valence-corrected chi connectivity index (χ4v) is 2.36. The lowest BCUT2D eigenvalue weighted by Gasteiger charge is -2.19. The van der Waals surface area contributed by atoms with E-state index in [1.54, 1.807) is 12.7 Å². The number of rotatable bonds is 3. The van der Waals surface area contributed by atoms with E-state index < -0.39 is 0 Å². The minimum absolute atomic E-state index is 0.896. The zero-order valence-corrected chi connectivity index (χ0v) is 10.0. The van der Waals surface area contributed by atoms with Crippen LogP contribution in [-0.4, -0.2) is 27.9 Å². The van der Waals surface area contributed by atoms with Crippen LogP contribution in [0.3, 0.4) is 0 Å². The third kappa shape index (κ3) is 2.02. The van der Waals surface area contributed by atoms with Crippen LogP contribution in [0.2, 0.25) is 0 Å². The summed E-state index contributed by atoms with van der Waals surface area (Å²) in [5.41, 5.74) is 4.19. The largest absolute Gasteiger partial charge is 0.369 e. The molecular weight excluding hydrogens is 212 g/mol. The number of aryl methyl sites for hydroxylation is 1. The van der Waals surface area contributed by atoms with Gasteiger partial charge in [0.25, 0.3) is 0 Å². The van der Waals surface area contributed by atoms with Gasteiger partial charge in [0.2, 0.25) is 0 Å².